The molecule has 2 N–H and O–H groups in total. The van der Waals surface area contributed by atoms with Crippen LogP contribution in [0.2, 0.25) is 5.02 Å². The van der Waals surface area contributed by atoms with Crippen LogP contribution < -0.4 is 5.73 Å². The van der Waals surface area contributed by atoms with Crippen LogP contribution in [0.4, 0.5) is 0 Å². The average Bonchev–Trinajstić information content (AvgIpc) is 3.19. The first-order valence-corrected chi connectivity index (χ1v) is 8.14. The Kier molecular flexibility index (Phi) is 5.48. The zero-order chi connectivity index (χ0) is 14.7. The summed E-state index contributed by atoms with van der Waals surface area (Å²) in [6, 6.07) is 9.16. The molecule has 0 amide bonds. The van der Waals surface area contributed by atoms with Gasteiger partial charge in [-0.1, -0.05) is 43.6 Å². The van der Waals surface area contributed by atoms with Crippen LogP contribution in [-0.2, 0) is 0 Å². The lowest BCUT2D eigenvalue weighted by Gasteiger charge is -2.35. The minimum Gasteiger partial charge on any atom is -0.326 e. The maximum Gasteiger partial charge on any atom is 0.0514 e. The third-order valence-electron chi connectivity index (χ3n) is 4.06. The third-order valence-corrected chi connectivity index (χ3v) is 4.40. The van der Waals surface area contributed by atoms with Crippen molar-refractivity contribution in [2.24, 2.45) is 11.7 Å². The predicted octanol–water partition coefficient (Wildman–Crippen LogP) is 4.24. The molecule has 2 nitrogen and oxygen atoms in total. The van der Waals surface area contributed by atoms with Gasteiger partial charge in [0.15, 0.2) is 0 Å². The van der Waals surface area contributed by atoms with Gasteiger partial charge in [0.2, 0.25) is 0 Å². The topological polar surface area (TPSA) is 29.3 Å². The Balaban J connectivity index is 2.23. The first kappa shape index (κ1) is 15.8. The van der Waals surface area contributed by atoms with Crippen molar-refractivity contribution < 1.29 is 0 Å². The van der Waals surface area contributed by atoms with Crippen molar-refractivity contribution in [1.82, 2.24) is 4.90 Å². The van der Waals surface area contributed by atoms with Gasteiger partial charge < -0.3 is 5.73 Å². The average molecular weight is 295 g/mol. The molecule has 1 fully saturated rings. The summed E-state index contributed by atoms with van der Waals surface area (Å²) >= 11 is 6.41. The van der Waals surface area contributed by atoms with Crippen LogP contribution in [0.3, 0.4) is 0 Å². The second kappa shape index (κ2) is 6.93. The molecule has 1 aromatic carbocycles. The predicted molar refractivity (Wildman–Crippen MR) is 87.0 cm³/mol. The lowest BCUT2D eigenvalue weighted by Crippen LogP contribution is -2.41. The molecular weight excluding hydrogens is 268 g/mol. The molecule has 112 valence electrons. The van der Waals surface area contributed by atoms with E-state index in [0.29, 0.717) is 6.04 Å². The SMILES string of the molecule is CC(C)CCN(C1CC1)C(c1ccccc1Cl)C(C)N. The number of halogens is 1. The van der Waals surface area contributed by atoms with E-state index in [1.807, 2.05) is 12.1 Å². The summed E-state index contributed by atoms with van der Waals surface area (Å²) in [6.07, 6.45) is 3.81. The van der Waals surface area contributed by atoms with E-state index in [1.54, 1.807) is 0 Å². The molecule has 0 radical (unpaired) electrons. The molecule has 0 aromatic heterocycles. The van der Waals surface area contributed by atoms with E-state index in [-0.39, 0.29) is 12.1 Å². The maximum atomic E-state index is 6.41. The van der Waals surface area contributed by atoms with E-state index in [1.165, 1.54) is 24.8 Å². The van der Waals surface area contributed by atoms with Crippen molar-refractivity contribution >= 4 is 11.6 Å². The van der Waals surface area contributed by atoms with Crippen LogP contribution >= 0.6 is 11.6 Å². The second-order valence-corrected chi connectivity index (χ2v) is 6.88. The molecule has 0 spiro atoms. The van der Waals surface area contributed by atoms with E-state index in [9.17, 15) is 0 Å². The Morgan fingerprint density at radius 1 is 1.25 bits per heavy atom. The first-order valence-electron chi connectivity index (χ1n) is 7.76. The summed E-state index contributed by atoms with van der Waals surface area (Å²) in [5, 5.41) is 0.838. The molecule has 2 atom stereocenters. The summed E-state index contributed by atoms with van der Waals surface area (Å²) in [5.74, 6) is 0.719. The molecule has 1 aromatic rings. The lowest BCUT2D eigenvalue weighted by molar-refractivity contribution is 0.158. The molecule has 1 aliphatic carbocycles. The van der Waals surface area contributed by atoms with Gasteiger partial charge in [-0.15, -0.1) is 0 Å². The Bertz CT molecular complexity index is 427. The molecule has 0 heterocycles. The van der Waals surface area contributed by atoms with Crippen molar-refractivity contribution in [3.63, 3.8) is 0 Å². The summed E-state index contributed by atoms with van der Waals surface area (Å²) < 4.78 is 0. The van der Waals surface area contributed by atoms with Gasteiger partial charge in [-0.05, 0) is 50.3 Å². The van der Waals surface area contributed by atoms with Crippen LogP contribution in [0.15, 0.2) is 24.3 Å². The smallest absolute Gasteiger partial charge is 0.0514 e. The van der Waals surface area contributed by atoms with Gasteiger partial charge in [0, 0.05) is 17.1 Å². The monoisotopic (exact) mass is 294 g/mol. The minimum absolute atomic E-state index is 0.0858. The third kappa shape index (κ3) is 3.97. The number of hydrogen-bond donors (Lipinski definition) is 1. The van der Waals surface area contributed by atoms with Gasteiger partial charge in [0.25, 0.3) is 0 Å². The van der Waals surface area contributed by atoms with E-state index in [2.05, 4.69) is 37.8 Å². The van der Waals surface area contributed by atoms with Crippen molar-refractivity contribution in [2.75, 3.05) is 6.54 Å². The summed E-state index contributed by atoms with van der Waals surface area (Å²) in [7, 11) is 0. The van der Waals surface area contributed by atoms with Crippen LogP contribution in [0, 0.1) is 5.92 Å². The van der Waals surface area contributed by atoms with Gasteiger partial charge in [0.1, 0.15) is 0 Å². The van der Waals surface area contributed by atoms with E-state index in [0.717, 1.165) is 17.5 Å². The van der Waals surface area contributed by atoms with Crippen molar-refractivity contribution in [3.8, 4) is 0 Å². The van der Waals surface area contributed by atoms with Gasteiger partial charge in [-0.25, -0.2) is 0 Å². The quantitative estimate of drug-likeness (QED) is 0.815. The molecule has 2 unspecified atom stereocenters. The summed E-state index contributed by atoms with van der Waals surface area (Å²) in [5.41, 5.74) is 7.49. The Hall–Kier alpha value is -0.570. The van der Waals surface area contributed by atoms with E-state index >= 15 is 0 Å². The molecule has 0 aliphatic heterocycles. The number of hydrogen-bond acceptors (Lipinski definition) is 2. The zero-order valence-electron chi connectivity index (χ0n) is 12.8. The van der Waals surface area contributed by atoms with Crippen molar-refractivity contribution in [2.45, 2.75) is 58.2 Å². The summed E-state index contributed by atoms with van der Waals surface area (Å²) in [6.45, 7) is 7.77. The molecule has 0 saturated heterocycles. The fourth-order valence-electron chi connectivity index (χ4n) is 2.84. The first-order chi connectivity index (χ1) is 9.50. The Morgan fingerprint density at radius 3 is 2.40 bits per heavy atom. The highest BCUT2D eigenvalue weighted by molar-refractivity contribution is 6.31. The normalized spacial score (nSPS) is 18.6. The zero-order valence-corrected chi connectivity index (χ0v) is 13.6. The minimum atomic E-state index is 0.0858. The second-order valence-electron chi connectivity index (χ2n) is 6.48. The van der Waals surface area contributed by atoms with Crippen LogP contribution in [0.5, 0.6) is 0 Å². The Morgan fingerprint density at radius 2 is 1.90 bits per heavy atom. The molecule has 2 rings (SSSR count). The fraction of sp³-hybridized carbons (Fsp3) is 0.647. The Labute approximate surface area is 128 Å². The van der Waals surface area contributed by atoms with Gasteiger partial charge in [-0.2, -0.15) is 0 Å². The largest absolute Gasteiger partial charge is 0.326 e. The molecule has 0 bridgehead atoms. The van der Waals surface area contributed by atoms with Crippen LogP contribution in [-0.4, -0.2) is 23.5 Å². The number of nitrogens with zero attached hydrogens (tertiary/aromatic N) is 1. The summed E-state index contributed by atoms with van der Waals surface area (Å²) in [4.78, 5) is 2.59. The van der Waals surface area contributed by atoms with Gasteiger partial charge in [0.05, 0.1) is 6.04 Å². The highest BCUT2D eigenvalue weighted by Crippen LogP contribution is 2.38. The van der Waals surface area contributed by atoms with Gasteiger partial charge >= 0.3 is 0 Å². The number of benzene rings is 1. The highest BCUT2D eigenvalue weighted by atomic mass is 35.5. The van der Waals surface area contributed by atoms with Crippen molar-refractivity contribution in [1.29, 1.82) is 0 Å². The van der Waals surface area contributed by atoms with Crippen LogP contribution in [0.1, 0.15) is 51.6 Å². The number of nitrogens with two attached hydrogens (primary N) is 1. The molecule has 1 aliphatic rings. The van der Waals surface area contributed by atoms with Crippen molar-refractivity contribution in [3.05, 3.63) is 34.9 Å². The van der Waals surface area contributed by atoms with Gasteiger partial charge in [-0.3, -0.25) is 4.90 Å². The standard InChI is InChI=1S/C17H27ClN2/c1-12(2)10-11-20(14-8-9-14)17(13(3)19)15-6-4-5-7-16(15)18/h4-7,12-14,17H,8-11,19H2,1-3H3. The molecular formula is C17H27ClN2. The molecule has 1 saturated carbocycles. The molecule has 3 heteroatoms. The lowest BCUT2D eigenvalue weighted by atomic mass is 9.97. The number of rotatable bonds is 7. The molecule has 20 heavy (non-hydrogen) atoms. The maximum absolute atomic E-state index is 6.41. The van der Waals surface area contributed by atoms with E-state index in [4.69, 9.17) is 17.3 Å². The fourth-order valence-corrected chi connectivity index (χ4v) is 3.09. The van der Waals surface area contributed by atoms with E-state index < -0.39 is 0 Å². The highest BCUT2D eigenvalue weighted by Gasteiger charge is 2.36. The van der Waals surface area contributed by atoms with Crippen LogP contribution in [0.25, 0.3) is 0 Å².